The second-order valence-corrected chi connectivity index (χ2v) is 8.60. The number of carbonyl (C=O) groups excluding carboxylic acids is 1. The molecule has 1 aliphatic heterocycles. The first-order valence-corrected chi connectivity index (χ1v) is 11.0. The number of likely N-dealkylation sites (tertiary alicyclic amines) is 1. The van der Waals surface area contributed by atoms with Gasteiger partial charge in [-0.05, 0) is 44.0 Å². The van der Waals surface area contributed by atoms with E-state index in [2.05, 4.69) is 4.98 Å². The Labute approximate surface area is 190 Å². The predicted octanol–water partition coefficient (Wildman–Crippen LogP) is 5.91. The van der Waals surface area contributed by atoms with Crippen molar-refractivity contribution in [3.05, 3.63) is 76.0 Å². The number of carbonyl (C=O) groups is 1. The molecule has 5 rings (SSSR count). The summed E-state index contributed by atoms with van der Waals surface area (Å²) in [4.78, 5) is 24.5. The standard InChI is InChI=1S/C24H20Cl2N4O/c1-15-20(23(31)29-12-2-3-13-29)14-30-22(17-6-10-19(26)11-7-17)21(28-24(30)27-15)16-4-8-18(25)9-5-16/h4-11,14H,2-3,12-13H2,1H3. The molecular weight excluding hydrogens is 431 g/mol. The number of aryl methyl sites for hydroxylation is 1. The van der Waals surface area contributed by atoms with Gasteiger partial charge < -0.3 is 4.90 Å². The van der Waals surface area contributed by atoms with Crippen LogP contribution in [0.1, 0.15) is 28.9 Å². The van der Waals surface area contributed by atoms with E-state index >= 15 is 0 Å². The summed E-state index contributed by atoms with van der Waals surface area (Å²) in [7, 11) is 0. The number of hydrogen-bond donors (Lipinski definition) is 0. The van der Waals surface area contributed by atoms with Gasteiger partial charge in [-0.1, -0.05) is 47.5 Å². The molecule has 0 N–H and O–H groups in total. The van der Waals surface area contributed by atoms with Gasteiger partial charge in [0.1, 0.15) is 0 Å². The summed E-state index contributed by atoms with van der Waals surface area (Å²) in [5.41, 5.74) is 4.77. The van der Waals surface area contributed by atoms with Crippen molar-refractivity contribution >= 4 is 34.9 Å². The third-order valence-electron chi connectivity index (χ3n) is 5.67. The molecule has 0 radical (unpaired) electrons. The number of fused-ring (bicyclic) bond motifs is 1. The Morgan fingerprint density at radius 3 is 2.06 bits per heavy atom. The highest BCUT2D eigenvalue weighted by Gasteiger charge is 2.24. The zero-order valence-electron chi connectivity index (χ0n) is 17.0. The molecule has 31 heavy (non-hydrogen) atoms. The van der Waals surface area contributed by atoms with Gasteiger partial charge in [-0.15, -0.1) is 0 Å². The highest BCUT2D eigenvalue weighted by molar-refractivity contribution is 6.31. The molecule has 1 fully saturated rings. The van der Waals surface area contributed by atoms with Gasteiger partial charge in [0.25, 0.3) is 5.91 Å². The molecule has 156 valence electrons. The zero-order valence-corrected chi connectivity index (χ0v) is 18.5. The number of imidazole rings is 1. The summed E-state index contributed by atoms with van der Waals surface area (Å²) < 4.78 is 1.91. The molecule has 1 aliphatic rings. The van der Waals surface area contributed by atoms with E-state index in [9.17, 15) is 4.79 Å². The molecule has 0 atom stereocenters. The molecule has 3 heterocycles. The monoisotopic (exact) mass is 450 g/mol. The summed E-state index contributed by atoms with van der Waals surface area (Å²) >= 11 is 12.2. The van der Waals surface area contributed by atoms with E-state index < -0.39 is 0 Å². The number of hydrogen-bond acceptors (Lipinski definition) is 3. The van der Waals surface area contributed by atoms with E-state index in [0.717, 1.165) is 48.4 Å². The van der Waals surface area contributed by atoms with Gasteiger partial charge in [-0.2, -0.15) is 0 Å². The van der Waals surface area contributed by atoms with Crippen LogP contribution < -0.4 is 0 Å². The fourth-order valence-electron chi connectivity index (χ4n) is 4.05. The summed E-state index contributed by atoms with van der Waals surface area (Å²) in [6.45, 7) is 3.45. The number of aromatic nitrogens is 3. The van der Waals surface area contributed by atoms with Crippen molar-refractivity contribution in [1.29, 1.82) is 0 Å². The normalized spacial score (nSPS) is 13.8. The topological polar surface area (TPSA) is 50.5 Å². The van der Waals surface area contributed by atoms with Crippen molar-refractivity contribution < 1.29 is 4.79 Å². The fourth-order valence-corrected chi connectivity index (χ4v) is 4.30. The molecule has 4 aromatic rings. The third-order valence-corrected chi connectivity index (χ3v) is 6.17. The first-order valence-electron chi connectivity index (χ1n) is 10.2. The van der Waals surface area contributed by atoms with E-state index in [1.54, 1.807) is 0 Å². The minimum absolute atomic E-state index is 0.0215. The van der Waals surface area contributed by atoms with Crippen molar-refractivity contribution in [3.63, 3.8) is 0 Å². The second-order valence-electron chi connectivity index (χ2n) is 7.73. The largest absolute Gasteiger partial charge is 0.339 e. The lowest BCUT2D eigenvalue weighted by molar-refractivity contribution is 0.0791. The van der Waals surface area contributed by atoms with Crippen LogP contribution in [0.5, 0.6) is 0 Å². The lowest BCUT2D eigenvalue weighted by Gasteiger charge is -2.16. The first kappa shape index (κ1) is 20.0. The summed E-state index contributed by atoms with van der Waals surface area (Å²) in [5.74, 6) is 0.568. The fraction of sp³-hybridized carbons (Fsp3) is 0.208. The molecular formula is C24H20Cl2N4O. The Bertz CT molecular complexity index is 1270. The van der Waals surface area contributed by atoms with E-state index in [1.165, 1.54) is 0 Å². The predicted molar refractivity (Wildman–Crippen MR) is 124 cm³/mol. The molecule has 0 bridgehead atoms. The van der Waals surface area contributed by atoms with E-state index in [4.69, 9.17) is 28.2 Å². The average molecular weight is 451 g/mol. The second kappa shape index (κ2) is 7.98. The number of halogens is 2. The maximum Gasteiger partial charge on any atom is 0.257 e. The van der Waals surface area contributed by atoms with Gasteiger partial charge in [-0.3, -0.25) is 9.20 Å². The SMILES string of the molecule is Cc1nc2nc(-c3ccc(Cl)cc3)c(-c3ccc(Cl)cc3)n2cc1C(=O)N1CCCC1. The minimum atomic E-state index is 0.0215. The first-order chi connectivity index (χ1) is 15.0. The lowest BCUT2D eigenvalue weighted by Crippen LogP contribution is -2.28. The Morgan fingerprint density at radius 2 is 1.45 bits per heavy atom. The highest BCUT2D eigenvalue weighted by Crippen LogP contribution is 2.34. The Morgan fingerprint density at radius 1 is 0.871 bits per heavy atom. The molecule has 0 saturated carbocycles. The Hall–Kier alpha value is -2.89. The summed E-state index contributed by atoms with van der Waals surface area (Å²) in [6.07, 6.45) is 3.96. The third kappa shape index (κ3) is 3.68. The Balaban J connectivity index is 1.74. The van der Waals surface area contributed by atoms with Gasteiger partial charge in [-0.25, -0.2) is 9.97 Å². The molecule has 0 spiro atoms. The molecule has 2 aromatic heterocycles. The van der Waals surface area contributed by atoms with Crippen LogP contribution in [0.25, 0.3) is 28.3 Å². The average Bonchev–Trinajstić information content (AvgIpc) is 3.42. The molecule has 2 aromatic carbocycles. The van der Waals surface area contributed by atoms with Crippen LogP contribution in [-0.4, -0.2) is 38.3 Å². The number of rotatable bonds is 3. The van der Waals surface area contributed by atoms with Crippen LogP contribution in [0.4, 0.5) is 0 Å². The summed E-state index contributed by atoms with van der Waals surface area (Å²) in [5, 5.41) is 1.32. The van der Waals surface area contributed by atoms with Crippen molar-refractivity contribution in [2.75, 3.05) is 13.1 Å². The molecule has 0 unspecified atom stereocenters. The van der Waals surface area contributed by atoms with Crippen LogP contribution >= 0.6 is 23.2 Å². The van der Waals surface area contributed by atoms with Gasteiger partial charge in [0.2, 0.25) is 5.78 Å². The number of amides is 1. The molecule has 5 nitrogen and oxygen atoms in total. The van der Waals surface area contributed by atoms with Crippen molar-refractivity contribution in [1.82, 2.24) is 19.3 Å². The summed E-state index contributed by atoms with van der Waals surface area (Å²) in [6, 6.07) is 15.2. The maximum atomic E-state index is 13.1. The van der Waals surface area contributed by atoms with Crippen molar-refractivity contribution in [2.45, 2.75) is 19.8 Å². The molecule has 1 amide bonds. The van der Waals surface area contributed by atoms with Crippen LogP contribution in [0.3, 0.4) is 0 Å². The smallest absolute Gasteiger partial charge is 0.257 e. The van der Waals surface area contributed by atoms with E-state index in [1.807, 2.05) is 71.0 Å². The number of benzene rings is 2. The molecule has 7 heteroatoms. The van der Waals surface area contributed by atoms with Gasteiger partial charge >= 0.3 is 0 Å². The van der Waals surface area contributed by atoms with Gasteiger partial charge in [0.05, 0.1) is 22.6 Å². The van der Waals surface area contributed by atoms with E-state index in [0.29, 0.717) is 27.1 Å². The molecule has 0 aliphatic carbocycles. The van der Waals surface area contributed by atoms with Crippen LogP contribution in [-0.2, 0) is 0 Å². The lowest BCUT2D eigenvalue weighted by atomic mass is 10.0. The van der Waals surface area contributed by atoms with Gasteiger partial charge in [0.15, 0.2) is 0 Å². The minimum Gasteiger partial charge on any atom is -0.339 e. The van der Waals surface area contributed by atoms with Crippen molar-refractivity contribution in [2.24, 2.45) is 0 Å². The van der Waals surface area contributed by atoms with Crippen LogP contribution in [0, 0.1) is 6.92 Å². The quantitative estimate of drug-likeness (QED) is 0.389. The van der Waals surface area contributed by atoms with Crippen molar-refractivity contribution in [3.8, 4) is 22.5 Å². The number of nitrogens with zero attached hydrogens (tertiary/aromatic N) is 4. The zero-order chi connectivity index (χ0) is 21.5. The maximum absolute atomic E-state index is 13.1. The van der Waals surface area contributed by atoms with Crippen LogP contribution in [0.2, 0.25) is 10.0 Å². The van der Waals surface area contributed by atoms with Gasteiger partial charge in [0, 0.05) is 40.5 Å². The van der Waals surface area contributed by atoms with E-state index in [-0.39, 0.29) is 5.91 Å². The van der Waals surface area contributed by atoms with Crippen LogP contribution in [0.15, 0.2) is 54.7 Å². The molecule has 1 saturated heterocycles. The highest BCUT2D eigenvalue weighted by atomic mass is 35.5. The Kier molecular flexibility index (Phi) is 5.16.